The quantitative estimate of drug-likeness (QED) is 0.0744. The molecule has 9 aliphatic carbocycles. The SMILES string of the molecule is CNCc1cc(O)cc([C@]23CC[C@]45C[C@@]67[C@@H](CO)CC[C@H]8CC[C@@H](CO)C[C@H]8[C@H](C[C@@H](O)[C@H]8O[C@]8(C)[C@H]8CCC[C@@H]8c8cc(N)cc(CC(C)C)c8)C8=C(CC[C@@H]6[C@](C)(C2)[C@@H]4[C@@](C)(CCCC[C@](C)(O)CN5)C3=O)[C@]7(C)CC8=O)c1. The molecule has 7 saturated carbocycles. The number of epoxide rings is 1. The molecule has 0 unspecified atom stereocenters. The number of aliphatic hydroxyl groups excluding tert-OH is 3. The Morgan fingerprint density at radius 2 is 1.62 bits per heavy atom. The summed E-state index contributed by atoms with van der Waals surface area (Å²) in [5, 5.41) is 67.8. The number of Topliss-reactive ketones (excluding diaryl/α,β-unsaturated/α-hetero) is 2. The first kappa shape index (κ1) is 57.3. The Kier molecular flexibility index (Phi) is 14.5. The third-order valence-corrected chi connectivity index (χ3v) is 25.7. The Labute approximate surface area is 478 Å². The molecular weight excluding hydrogens is 999 g/mol. The first-order valence-corrected chi connectivity index (χ1v) is 32.2. The lowest BCUT2D eigenvalue weighted by molar-refractivity contribution is -0.244. The van der Waals surface area contributed by atoms with E-state index in [0.717, 1.165) is 112 Å². The van der Waals surface area contributed by atoms with E-state index in [0.29, 0.717) is 69.7 Å². The van der Waals surface area contributed by atoms with Crippen molar-refractivity contribution in [2.45, 2.75) is 230 Å². The molecule has 11 heteroatoms. The van der Waals surface area contributed by atoms with Crippen molar-refractivity contribution in [3.63, 3.8) is 0 Å². The van der Waals surface area contributed by atoms with E-state index in [9.17, 15) is 25.5 Å². The highest BCUT2D eigenvalue weighted by atomic mass is 16.6. The van der Waals surface area contributed by atoms with Gasteiger partial charge in [-0.15, -0.1) is 0 Å². The van der Waals surface area contributed by atoms with Gasteiger partial charge in [0.25, 0.3) is 0 Å². The van der Waals surface area contributed by atoms with Crippen molar-refractivity contribution in [1.29, 1.82) is 0 Å². The number of aromatic hydroxyl groups is 1. The van der Waals surface area contributed by atoms with E-state index in [4.69, 9.17) is 10.5 Å². The van der Waals surface area contributed by atoms with Gasteiger partial charge in [0.15, 0.2) is 5.78 Å². The van der Waals surface area contributed by atoms with Crippen LogP contribution in [0.4, 0.5) is 5.69 Å². The predicted octanol–water partition coefficient (Wildman–Crippen LogP) is 10.8. The van der Waals surface area contributed by atoms with Crippen LogP contribution in [-0.4, -0.2) is 92.9 Å². The van der Waals surface area contributed by atoms with E-state index < -0.39 is 49.9 Å². The molecule has 19 atom stereocenters. The molecule has 0 aromatic heterocycles. The number of β-amino-alcohol motifs (C(OH)–C–C–N with tert-alkyl or cyclic N) is 1. The number of phenols is 1. The van der Waals surface area contributed by atoms with Crippen LogP contribution in [0, 0.1) is 74.9 Å². The molecule has 2 saturated heterocycles. The second kappa shape index (κ2) is 20.2. The van der Waals surface area contributed by atoms with E-state index in [-0.39, 0.29) is 84.1 Å². The van der Waals surface area contributed by atoms with E-state index in [1.165, 1.54) is 16.7 Å². The van der Waals surface area contributed by atoms with E-state index in [1.54, 1.807) is 0 Å². The van der Waals surface area contributed by atoms with Crippen molar-refractivity contribution in [2.75, 3.05) is 32.5 Å². The number of rotatable bonds is 12. The summed E-state index contributed by atoms with van der Waals surface area (Å²) in [5.41, 5.74) is 8.69. The molecule has 2 heterocycles. The average Bonchev–Trinajstić information content (AvgIpc) is 3.92. The number of carbonyl (C=O) groups excluding carboxylic acids is 2. The molecule has 2 aromatic carbocycles. The largest absolute Gasteiger partial charge is 0.508 e. The Bertz CT molecular complexity index is 2780. The maximum Gasteiger partial charge on any atom is 0.160 e. The van der Waals surface area contributed by atoms with Crippen molar-refractivity contribution in [3.05, 3.63) is 69.8 Å². The van der Waals surface area contributed by atoms with Crippen LogP contribution in [0.2, 0.25) is 0 Å². The number of carbonyl (C=O) groups is 2. The van der Waals surface area contributed by atoms with Gasteiger partial charge >= 0.3 is 0 Å². The molecule has 9 N–H and O–H groups in total. The van der Waals surface area contributed by atoms with Crippen LogP contribution < -0.4 is 16.4 Å². The Morgan fingerprint density at radius 1 is 0.850 bits per heavy atom. The lowest BCUT2D eigenvalue weighted by atomic mass is 9.29. The highest BCUT2D eigenvalue weighted by molar-refractivity contribution is 6.01. The van der Waals surface area contributed by atoms with Gasteiger partial charge in [0.1, 0.15) is 17.6 Å². The molecule has 11 aliphatic rings. The molecule has 440 valence electrons. The van der Waals surface area contributed by atoms with Gasteiger partial charge in [-0.1, -0.05) is 71.6 Å². The molecule has 1 spiro atoms. The van der Waals surface area contributed by atoms with Crippen LogP contribution >= 0.6 is 0 Å². The molecule has 13 rings (SSSR count). The molecule has 80 heavy (non-hydrogen) atoms. The standard InChI is InChI=1S/C69H101N3O8/c1-40(2)24-42-25-45(30-48(70)27-42)50-12-11-13-53(50)66(7)59(80-66)55(76)32-52-51-29-41(35-73)14-15-44(51)16-17-46(36-74)69-38-68-23-22-67(47-26-43(34-71-8)28-49(75)31-47)37-64(5,57(69)19-18-54-58(52)56(77)33-65(54,69)6)60(68)63(4,61(67)78)21-10-9-20-62(3,79)39-72-68/h25-28,30-31,40-41,44,46,50-53,55,57,59-60,71-76,79H,9-24,29,32-39,70H2,1-8H3/t41-,44-,46-,50-,51-,52+,53+,55-,57-,59-,60+,62+,63-,64+,65+,66-,67+,68+,69-/m1/s1. The first-order chi connectivity index (χ1) is 37.9. The fourth-order valence-corrected chi connectivity index (χ4v) is 23.0. The van der Waals surface area contributed by atoms with Crippen LogP contribution in [0.5, 0.6) is 5.75 Å². The fourth-order valence-electron chi connectivity index (χ4n) is 23.0. The molecular formula is C69H101N3O8. The van der Waals surface area contributed by atoms with E-state index in [1.807, 2.05) is 26.1 Å². The number of ether oxygens (including phenoxy) is 1. The van der Waals surface area contributed by atoms with Crippen LogP contribution in [0.3, 0.4) is 0 Å². The Hall–Kier alpha value is -3.16. The smallest absolute Gasteiger partial charge is 0.160 e. The maximum atomic E-state index is 16.4. The predicted molar refractivity (Wildman–Crippen MR) is 314 cm³/mol. The van der Waals surface area contributed by atoms with Gasteiger partial charge in [-0.3, -0.25) is 9.59 Å². The van der Waals surface area contributed by atoms with E-state index in [2.05, 4.69) is 76.4 Å². The molecule has 0 radical (unpaired) electrons. The van der Waals surface area contributed by atoms with Gasteiger partial charge < -0.3 is 46.6 Å². The van der Waals surface area contributed by atoms with Gasteiger partial charge in [0.2, 0.25) is 0 Å². The lowest BCUT2D eigenvalue weighted by Crippen LogP contribution is -2.77. The normalized spacial score (nSPS) is 45.5. The number of aliphatic hydroxyl groups is 4. The number of fused-ring (bicyclic) bond motifs is 2. The van der Waals surface area contributed by atoms with Gasteiger partial charge in [0.05, 0.1) is 22.7 Å². The Balaban J connectivity index is 0.986. The number of hydrogen-bond donors (Lipinski definition) is 8. The molecule has 0 amide bonds. The zero-order valence-corrected chi connectivity index (χ0v) is 50.1. The third kappa shape index (κ3) is 8.68. The van der Waals surface area contributed by atoms with Crippen LogP contribution in [-0.2, 0) is 32.7 Å². The van der Waals surface area contributed by atoms with Crippen molar-refractivity contribution >= 4 is 17.3 Å². The number of phenolic OH excluding ortho intramolecular Hbond substituents is 1. The minimum atomic E-state index is -0.972. The van der Waals surface area contributed by atoms with Gasteiger partial charge in [-0.2, -0.15) is 0 Å². The molecule has 2 aromatic rings. The topological polar surface area (TPSA) is 198 Å². The third-order valence-electron chi connectivity index (χ3n) is 25.7. The van der Waals surface area contributed by atoms with Crippen molar-refractivity contribution in [1.82, 2.24) is 10.6 Å². The zero-order valence-electron chi connectivity index (χ0n) is 50.1. The van der Waals surface area contributed by atoms with Crippen molar-refractivity contribution in [2.24, 2.45) is 74.9 Å². The van der Waals surface area contributed by atoms with Gasteiger partial charge in [0, 0.05) is 54.8 Å². The number of nitrogen functional groups attached to an aromatic ring is 1. The number of hydrogen-bond acceptors (Lipinski definition) is 11. The zero-order chi connectivity index (χ0) is 56.7. The highest BCUT2D eigenvalue weighted by Gasteiger charge is 2.81. The molecule has 2 aliphatic heterocycles. The summed E-state index contributed by atoms with van der Waals surface area (Å²) in [7, 11) is 1.92. The number of nitrogens with two attached hydrogens (primary N) is 1. The maximum absolute atomic E-state index is 16.4. The lowest BCUT2D eigenvalue weighted by Gasteiger charge is -2.75. The number of benzene rings is 2. The number of allylic oxidation sites excluding steroid dienone is 2. The summed E-state index contributed by atoms with van der Waals surface area (Å²) in [5.74, 6) is 1.83. The number of anilines is 1. The first-order valence-electron chi connectivity index (χ1n) is 32.2. The summed E-state index contributed by atoms with van der Waals surface area (Å²) in [4.78, 5) is 32.5. The van der Waals surface area contributed by atoms with Gasteiger partial charge in [-0.25, -0.2) is 0 Å². The average molecular weight is 1100 g/mol. The highest BCUT2D eigenvalue weighted by Crippen LogP contribution is 2.82. The molecule has 9 bridgehead atoms. The summed E-state index contributed by atoms with van der Waals surface area (Å²) in [6, 6.07) is 12.6. The number of ketones is 2. The minimum Gasteiger partial charge on any atom is -0.508 e. The van der Waals surface area contributed by atoms with Crippen LogP contribution in [0.15, 0.2) is 47.5 Å². The summed E-state index contributed by atoms with van der Waals surface area (Å²) >= 11 is 0. The van der Waals surface area contributed by atoms with E-state index >= 15 is 9.59 Å². The van der Waals surface area contributed by atoms with Gasteiger partial charge in [-0.05, 0) is 252 Å². The van der Waals surface area contributed by atoms with Crippen LogP contribution in [0.25, 0.3) is 0 Å². The molecule has 11 nitrogen and oxygen atoms in total. The molecule has 9 fully saturated rings. The minimum absolute atomic E-state index is 0.00584. The monoisotopic (exact) mass is 1100 g/mol. The Morgan fingerprint density at radius 3 is 2.38 bits per heavy atom. The van der Waals surface area contributed by atoms with Crippen molar-refractivity contribution < 1.29 is 39.9 Å². The van der Waals surface area contributed by atoms with Crippen LogP contribution in [0.1, 0.15) is 205 Å². The fraction of sp³-hybridized carbons (Fsp3) is 0.768. The second-order valence-corrected chi connectivity index (χ2v) is 30.8. The summed E-state index contributed by atoms with van der Waals surface area (Å²) in [6.07, 6.45) is 15.4. The summed E-state index contributed by atoms with van der Waals surface area (Å²) < 4.78 is 6.90. The van der Waals surface area contributed by atoms with Crippen molar-refractivity contribution in [3.8, 4) is 5.75 Å². The summed E-state index contributed by atoms with van der Waals surface area (Å²) in [6.45, 7) is 17.0. The second-order valence-electron chi connectivity index (χ2n) is 30.8. The number of nitrogens with one attached hydrogen (secondary N) is 2.